The summed E-state index contributed by atoms with van der Waals surface area (Å²) < 4.78 is 48.9. The Hall–Kier alpha value is -2.96. The molecular formula is C22H23F3N2O2. The maximum Gasteiger partial charge on any atom is 0.195 e. The summed E-state index contributed by atoms with van der Waals surface area (Å²) in [5.74, 6) is -2.48. The Kier molecular flexibility index (Phi) is 6.15. The van der Waals surface area contributed by atoms with E-state index < -0.39 is 22.9 Å². The predicted molar refractivity (Wildman–Crippen MR) is 110 cm³/mol. The average molecular weight is 404 g/mol. The molecule has 2 aromatic carbocycles. The molecule has 0 atom stereocenters. The Morgan fingerprint density at radius 3 is 2.52 bits per heavy atom. The van der Waals surface area contributed by atoms with Gasteiger partial charge < -0.3 is 15.5 Å². The number of nitrogens with one attached hydrogen (secondary N) is 1. The van der Waals surface area contributed by atoms with Gasteiger partial charge in [0.1, 0.15) is 11.6 Å². The first-order valence-electron chi connectivity index (χ1n) is 9.59. The van der Waals surface area contributed by atoms with Crippen LogP contribution in [-0.4, -0.2) is 6.54 Å². The Morgan fingerprint density at radius 1 is 1.07 bits per heavy atom. The fourth-order valence-corrected chi connectivity index (χ4v) is 3.20. The van der Waals surface area contributed by atoms with E-state index in [4.69, 9.17) is 10.2 Å². The number of unbranched alkanes of at least 4 members (excludes halogenated alkanes) is 3. The lowest BCUT2D eigenvalue weighted by Gasteiger charge is -2.14. The third kappa shape index (κ3) is 4.09. The summed E-state index contributed by atoms with van der Waals surface area (Å²) in [4.78, 5) is 12.7. The summed E-state index contributed by atoms with van der Waals surface area (Å²) in [5, 5.41) is 2.73. The predicted octanol–water partition coefficient (Wildman–Crippen LogP) is 5.76. The zero-order chi connectivity index (χ0) is 21.1. The lowest BCUT2D eigenvalue weighted by atomic mass is 10.1. The number of anilines is 2. The monoisotopic (exact) mass is 404 g/mol. The van der Waals surface area contributed by atoms with E-state index in [2.05, 4.69) is 12.2 Å². The molecule has 0 amide bonds. The second-order valence-corrected chi connectivity index (χ2v) is 7.03. The van der Waals surface area contributed by atoms with Gasteiger partial charge in [-0.2, -0.15) is 0 Å². The second kappa shape index (κ2) is 8.59. The van der Waals surface area contributed by atoms with Crippen LogP contribution < -0.4 is 16.5 Å². The van der Waals surface area contributed by atoms with Gasteiger partial charge in [-0.1, -0.05) is 26.2 Å². The van der Waals surface area contributed by atoms with Crippen molar-refractivity contribution in [2.75, 3.05) is 17.6 Å². The molecule has 0 spiro atoms. The molecule has 0 fully saturated rings. The highest BCUT2D eigenvalue weighted by Crippen LogP contribution is 2.33. The Labute approximate surface area is 166 Å². The van der Waals surface area contributed by atoms with Crippen molar-refractivity contribution in [1.29, 1.82) is 0 Å². The van der Waals surface area contributed by atoms with Crippen molar-refractivity contribution < 1.29 is 17.6 Å². The SMILES string of the molecule is CCCCCCNc1c(F)c(C)c(F)c2oc(-c3ccc(N)c(F)c3)cc(=O)c12. The van der Waals surface area contributed by atoms with Crippen LogP contribution >= 0.6 is 0 Å². The number of rotatable bonds is 7. The number of fused-ring (bicyclic) bond motifs is 1. The highest BCUT2D eigenvalue weighted by atomic mass is 19.1. The molecule has 0 aliphatic carbocycles. The van der Waals surface area contributed by atoms with Gasteiger partial charge in [0.25, 0.3) is 0 Å². The summed E-state index contributed by atoms with van der Waals surface area (Å²) in [5.41, 5.74) is 4.33. The zero-order valence-electron chi connectivity index (χ0n) is 16.4. The fourth-order valence-electron chi connectivity index (χ4n) is 3.20. The molecule has 0 radical (unpaired) electrons. The van der Waals surface area contributed by atoms with Crippen molar-refractivity contribution in [2.45, 2.75) is 39.5 Å². The summed E-state index contributed by atoms with van der Waals surface area (Å²) in [6.45, 7) is 3.81. The summed E-state index contributed by atoms with van der Waals surface area (Å²) >= 11 is 0. The summed E-state index contributed by atoms with van der Waals surface area (Å²) in [6.07, 6.45) is 3.87. The van der Waals surface area contributed by atoms with Gasteiger partial charge in [-0.15, -0.1) is 0 Å². The van der Waals surface area contributed by atoms with Crippen molar-refractivity contribution in [2.24, 2.45) is 0 Å². The van der Waals surface area contributed by atoms with E-state index in [9.17, 15) is 18.0 Å². The number of nitrogen functional groups attached to an aromatic ring is 1. The Balaban J connectivity index is 2.11. The van der Waals surface area contributed by atoms with E-state index in [0.717, 1.165) is 37.8 Å². The molecule has 1 heterocycles. The van der Waals surface area contributed by atoms with E-state index in [1.807, 2.05) is 0 Å². The van der Waals surface area contributed by atoms with Crippen LogP contribution in [0, 0.1) is 24.4 Å². The molecule has 0 unspecified atom stereocenters. The van der Waals surface area contributed by atoms with Crippen LogP contribution in [0.3, 0.4) is 0 Å². The zero-order valence-corrected chi connectivity index (χ0v) is 16.4. The molecule has 1 aromatic heterocycles. The van der Waals surface area contributed by atoms with Gasteiger partial charge in [0.05, 0.1) is 16.8 Å². The van der Waals surface area contributed by atoms with E-state index in [1.165, 1.54) is 19.1 Å². The van der Waals surface area contributed by atoms with Crippen molar-refractivity contribution in [3.63, 3.8) is 0 Å². The standard InChI is InChI=1S/C22H23F3N2O2/c1-3-4-5-6-9-27-21-18-16(28)11-17(13-7-8-15(26)14(23)10-13)29-22(18)20(25)12(2)19(21)24/h7-8,10-11,27H,3-6,9,26H2,1-2H3. The van der Waals surface area contributed by atoms with Gasteiger partial charge in [0.15, 0.2) is 22.6 Å². The maximum absolute atomic E-state index is 14.8. The van der Waals surface area contributed by atoms with Gasteiger partial charge in [-0.25, -0.2) is 13.2 Å². The van der Waals surface area contributed by atoms with Crippen molar-refractivity contribution >= 4 is 22.3 Å². The minimum Gasteiger partial charge on any atom is -0.453 e. The first-order chi connectivity index (χ1) is 13.8. The minimum atomic E-state index is -0.955. The number of hydrogen-bond acceptors (Lipinski definition) is 4. The van der Waals surface area contributed by atoms with E-state index in [-0.39, 0.29) is 39.2 Å². The highest BCUT2D eigenvalue weighted by Gasteiger charge is 2.22. The first-order valence-corrected chi connectivity index (χ1v) is 9.59. The fraction of sp³-hybridized carbons (Fsp3) is 0.318. The minimum absolute atomic E-state index is 0.0276. The van der Waals surface area contributed by atoms with Gasteiger partial charge in [0.2, 0.25) is 0 Å². The maximum atomic E-state index is 14.8. The van der Waals surface area contributed by atoms with E-state index in [0.29, 0.717) is 6.54 Å². The molecular weight excluding hydrogens is 381 g/mol. The van der Waals surface area contributed by atoms with E-state index >= 15 is 0 Å². The lowest BCUT2D eigenvalue weighted by Crippen LogP contribution is -2.12. The molecule has 154 valence electrons. The summed E-state index contributed by atoms with van der Waals surface area (Å²) in [6, 6.07) is 4.98. The van der Waals surface area contributed by atoms with Crippen molar-refractivity contribution in [1.82, 2.24) is 0 Å². The highest BCUT2D eigenvalue weighted by molar-refractivity contribution is 5.92. The topological polar surface area (TPSA) is 68.3 Å². The number of halogens is 3. The molecule has 0 saturated heterocycles. The quantitative estimate of drug-likeness (QED) is 0.388. The average Bonchev–Trinajstić information content (AvgIpc) is 2.70. The molecule has 3 aromatic rings. The molecule has 0 saturated carbocycles. The Morgan fingerprint density at radius 2 is 1.83 bits per heavy atom. The largest absolute Gasteiger partial charge is 0.453 e. The normalized spacial score (nSPS) is 11.2. The third-order valence-corrected chi connectivity index (χ3v) is 4.89. The molecule has 29 heavy (non-hydrogen) atoms. The molecule has 4 nitrogen and oxygen atoms in total. The lowest BCUT2D eigenvalue weighted by molar-refractivity contribution is 0.536. The van der Waals surface area contributed by atoms with Crippen LogP contribution in [0.25, 0.3) is 22.3 Å². The number of nitrogens with two attached hydrogens (primary N) is 1. The van der Waals surface area contributed by atoms with Crippen LogP contribution in [-0.2, 0) is 0 Å². The van der Waals surface area contributed by atoms with Crippen LogP contribution in [0.1, 0.15) is 38.2 Å². The van der Waals surface area contributed by atoms with Crippen LogP contribution in [0.5, 0.6) is 0 Å². The first kappa shape index (κ1) is 20.8. The van der Waals surface area contributed by atoms with Crippen molar-refractivity contribution in [3.8, 4) is 11.3 Å². The van der Waals surface area contributed by atoms with Gasteiger partial charge in [0, 0.05) is 23.7 Å². The third-order valence-electron chi connectivity index (χ3n) is 4.89. The molecule has 3 N–H and O–H groups in total. The Bertz CT molecular complexity index is 1110. The molecule has 3 rings (SSSR count). The molecule has 7 heteroatoms. The van der Waals surface area contributed by atoms with Gasteiger partial charge in [-0.05, 0) is 31.5 Å². The van der Waals surface area contributed by atoms with Crippen LogP contribution in [0.2, 0.25) is 0 Å². The van der Waals surface area contributed by atoms with Crippen molar-refractivity contribution in [3.05, 3.63) is 57.5 Å². The number of hydrogen-bond donors (Lipinski definition) is 2. The van der Waals surface area contributed by atoms with Gasteiger partial charge in [-0.3, -0.25) is 4.79 Å². The molecule has 0 aliphatic rings. The van der Waals surface area contributed by atoms with Crippen LogP contribution in [0.4, 0.5) is 24.5 Å². The smallest absolute Gasteiger partial charge is 0.195 e. The summed E-state index contributed by atoms with van der Waals surface area (Å²) in [7, 11) is 0. The van der Waals surface area contributed by atoms with Crippen LogP contribution in [0.15, 0.2) is 33.5 Å². The number of benzene rings is 2. The second-order valence-electron chi connectivity index (χ2n) is 7.03. The van der Waals surface area contributed by atoms with Gasteiger partial charge >= 0.3 is 0 Å². The molecule has 0 aliphatic heterocycles. The van der Waals surface area contributed by atoms with E-state index in [1.54, 1.807) is 0 Å². The molecule has 0 bridgehead atoms.